The van der Waals surface area contributed by atoms with Gasteiger partial charge in [-0.25, -0.2) is 4.79 Å². The van der Waals surface area contributed by atoms with Crippen molar-refractivity contribution in [2.45, 2.75) is 0 Å². The highest BCUT2D eigenvalue weighted by Crippen LogP contribution is 1.55. The summed E-state index contributed by atoms with van der Waals surface area (Å²) in [4.78, 5) is 21.6. The summed E-state index contributed by atoms with van der Waals surface area (Å²) in [7, 11) is 0. The van der Waals surface area contributed by atoms with Crippen molar-refractivity contribution < 1.29 is 14.4 Å². The lowest BCUT2D eigenvalue weighted by Crippen LogP contribution is -1.69. The lowest BCUT2D eigenvalue weighted by atomic mass is 11.6. The Bertz CT molecular complexity index is 82.8. The number of hydrogen-bond donors (Lipinski definition) is 0. The van der Waals surface area contributed by atoms with Gasteiger partial charge in [0.2, 0.25) is 0 Å². The van der Waals surface area contributed by atoms with Gasteiger partial charge in [0.05, 0.1) is 0 Å². The SMILES string of the molecule is O=C=NOC=O. The molecule has 0 unspecified atom stereocenters. The van der Waals surface area contributed by atoms with Crippen molar-refractivity contribution >= 4 is 12.6 Å². The second kappa shape index (κ2) is 3.85. The number of carbonyl (C=O) groups is 1. The molecule has 0 rings (SSSR count). The minimum Gasteiger partial charge on any atom is -0.310 e. The average Bonchev–Trinajstić information content (AvgIpc) is 1.61. The van der Waals surface area contributed by atoms with Crippen LogP contribution in [-0.2, 0) is 14.4 Å². The van der Waals surface area contributed by atoms with Gasteiger partial charge >= 0.3 is 6.47 Å². The zero-order valence-corrected chi connectivity index (χ0v) is 2.75. The molecule has 0 aromatic heterocycles. The maximum Gasteiger partial charge on any atom is 0.324 e. The van der Waals surface area contributed by atoms with Crippen LogP contribution in [0.5, 0.6) is 0 Å². The molecule has 0 aliphatic rings. The normalized spacial score (nSPS) is 5.33. The molecule has 0 saturated heterocycles. The van der Waals surface area contributed by atoms with Crippen LogP contribution in [0.15, 0.2) is 5.16 Å². The molecule has 0 fully saturated rings. The topological polar surface area (TPSA) is 55.7 Å². The molecule has 0 saturated carbocycles. The van der Waals surface area contributed by atoms with Gasteiger partial charge in [0, 0.05) is 5.16 Å². The van der Waals surface area contributed by atoms with Gasteiger partial charge in [-0.1, -0.05) is 0 Å². The van der Waals surface area contributed by atoms with Crippen molar-refractivity contribution in [2.24, 2.45) is 5.16 Å². The average molecular weight is 87.0 g/mol. The first kappa shape index (κ1) is 4.85. The summed E-state index contributed by atoms with van der Waals surface area (Å²) in [5.74, 6) is 0. The lowest BCUT2D eigenvalue weighted by Gasteiger charge is -1.66. The van der Waals surface area contributed by atoms with E-state index >= 15 is 0 Å². The summed E-state index contributed by atoms with van der Waals surface area (Å²) < 4.78 is 0. The molecule has 32 valence electrons. The first-order valence-electron chi connectivity index (χ1n) is 1.08. The van der Waals surface area contributed by atoms with E-state index in [1.165, 1.54) is 0 Å². The minimum absolute atomic E-state index is 0.0326. The van der Waals surface area contributed by atoms with Crippen LogP contribution in [0.3, 0.4) is 0 Å². The van der Waals surface area contributed by atoms with Crippen molar-refractivity contribution in [3.05, 3.63) is 0 Å². The molecular weight excluding hydrogens is 86.0 g/mol. The summed E-state index contributed by atoms with van der Waals surface area (Å²) in [6, 6.07) is 0. The van der Waals surface area contributed by atoms with Crippen LogP contribution in [0.4, 0.5) is 0 Å². The van der Waals surface area contributed by atoms with Gasteiger partial charge < -0.3 is 4.84 Å². The Balaban J connectivity index is 3.07. The Morgan fingerprint density at radius 2 is 2.50 bits per heavy atom. The van der Waals surface area contributed by atoms with E-state index in [1.807, 2.05) is 0 Å². The molecule has 0 atom stereocenters. The van der Waals surface area contributed by atoms with Gasteiger partial charge in [0.25, 0.3) is 6.08 Å². The first-order chi connectivity index (χ1) is 2.91. The number of isocyanates is 1. The summed E-state index contributed by atoms with van der Waals surface area (Å²) in [5, 5.41) is 2.42. The standard InChI is InChI=1S/C2HNO3/c4-1-3-6-2-5/h2H. The Labute approximate surface area is 33.4 Å². The van der Waals surface area contributed by atoms with E-state index in [1.54, 1.807) is 0 Å². The third-order valence-corrected chi connectivity index (χ3v) is 0.133. The highest BCUT2D eigenvalue weighted by Gasteiger charge is 1.60. The second-order valence-corrected chi connectivity index (χ2v) is 0.384. The van der Waals surface area contributed by atoms with Gasteiger partial charge in [-0.05, 0) is 0 Å². The van der Waals surface area contributed by atoms with Crippen LogP contribution < -0.4 is 0 Å². The first-order valence-corrected chi connectivity index (χ1v) is 1.08. The van der Waals surface area contributed by atoms with Gasteiger partial charge in [0.1, 0.15) is 0 Å². The van der Waals surface area contributed by atoms with Crippen molar-refractivity contribution in [1.29, 1.82) is 0 Å². The van der Waals surface area contributed by atoms with Gasteiger partial charge in [-0.2, -0.15) is 0 Å². The van der Waals surface area contributed by atoms with Crippen LogP contribution in [0, 0.1) is 0 Å². The van der Waals surface area contributed by atoms with Gasteiger partial charge in [0.15, 0.2) is 0 Å². The van der Waals surface area contributed by atoms with Crippen LogP contribution in [0.2, 0.25) is 0 Å². The molecule has 0 aromatic carbocycles. The fourth-order valence-corrected chi connectivity index (χ4v) is 0.0430. The molecule has 0 amide bonds. The summed E-state index contributed by atoms with van der Waals surface area (Å²) in [5.41, 5.74) is 0. The number of hydrogen-bond acceptors (Lipinski definition) is 4. The Morgan fingerprint density at radius 1 is 1.83 bits per heavy atom. The summed E-state index contributed by atoms with van der Waals surface area (Å²) in [6.45, 7) is 0.0326. The van der Waals surface area contributed by atoms with Crippen molar-refractivity contribution in [1.82, 2.24) is 0 Å². The smallest absolute Gasteiger partial charge is 0.310 e. The van der Waals surface area contributed by atoms with E-state index in [9.17, 15) is 0 Å². The van der Waals surface area contributed by atoms with Crippen LogP contribution in [0.1, 0.15) is 0 Å². The zero-order valence-electron chi connectivity index (χ0n) is 2.75. The van der Waals surface area contributed by atoms with Crippen LogP contribution >= 0.6 is 0 Å². The zero-order chi connectivity index (χ0) is 4.83. The summed E-state index contributed by atoms with van der Waals surface area (Å²) in [6.07, 6.45) is 0.990. The van der Waals surface area contributed by atoms with E-state index in [-0.39, 0.29) is 6.47 Å². The molecule has 0 heterocycles. The van der Waals surface area contributed by atoms with Crippen molar-refractivity contribution in [3.8, 4) is 0 Å². The predicted molar refractivity (Wildman–Crippen MR) is 15.3 cm³/mol. The number of carbonyl (C=O) groups excluding carboxylic acids is 2. The highest BCUT2D eigenvalue weighted by atomic mass is 16.7. The van der Waals surface area contributed by atoms with E-state index < -0.39 is 0 Å². The Morgan fingerprint density at radius 3 is 2.67 bits per heavy atom. The van der Waals surface area contributed by atoms with E-state index in [2.05, 4.69) is 9.99 Å². The largest absolute Gasteiger partial charge is 0.324 e. The molecule has 0 N–H and O–H groups in total. The molecule has 0 bridgehead atoms. The maximum atomic E-state index is 9.07. The molecule has 4 nitrogen and oxygen atoms in total. The molecule has 0 aliphatic carbocycles. The second-order valence-electron chi connectivity index (χ2n) is 0.384. The molecule has 0 aliphatic heterocycles. The molecular formula is C2HNO3. The van der Waals surface area contributed by atoms with E-state index in [0.29, 0.717) is 0 Å². The minimum atomic E-state index is 0.0326. The molecule has 6 heavy (non-hydrogen) atoms. The highest BCUT2D eigenvalue weighted by molar-refractivity contribution is 5.39. The van der Waals surface area contributed by atoms with E-state index in [0.717, 1.165) is 6.08 Å². The quantitative estimate of drug-likeness (QED) is 0.149. The maximum absolute atomic E-state index is 9.07. The predicted octanol–water partition coefficient (Wildman–Crippen LogP) is -0.590. The Kier molecular flexibility index (Phi) is 3.11. The fourth-order valence-electron chi connectivity index (χ4n) is 0.0430. The fraction of sp³-hybridized carbons (Fsp3) is 0. The molecule has 4 heteroatoms. The Hall–Kier alpha value is -1.15. The molecule has 0 spiro atoms. The molecule has 0 aromatic rings. The van der Waals surface area contributed by atoms with Gasteiger partial charge in [-0.15, -0.1) is 0 Å². The number of rotatable bonds is 2. The number of nitrogens with zero attached hydrogens (tertiary/aromatic N) is 1. The van der Waals surface area contributed by atoms with Gasteiger partial charge in [-0.3, -0.25) is 4.79 Å². The third-order valence-electron chi connectivity index (χ3n) is 0.133. The third kappa shape index (κ3) is 2.85. The van der Waals surface area contributed by atoms with E-state index in [4.69, 9.17) is 9.59 Å². The van der Waals surface area contributed by atoms with Crippen LogP contribution in [0.25, 0.3) is 0 Å². The monoisotopic (exact) mass is 87.0 g/mol. The lowest BCUT2D eigenvalue weighted by molar-refractivity contribution is -0.128. The van der Waals surface area contributed by atoms with Crippen molar-refractivity contribution in [3.63, 3.8) is 0 Å². The molecule has 0 radical (unpaired) electrons. The van der Waals surface area contributed by atoms with Crippen LogP contribution in [-0.4, -0.2) is 12.6 Å². The summed E-state index contributed by atoms with van der Waals surface area (Å²) >= 11 is 0. The van der Waals surface area contributed by atoms with Crippen molar-refractivity contribution in [2.75, 3.05) is 0 Å².